The summed E-state index contributed by atoms with van der Waals surface area (Å²) in [6.07, 6.45) is 3.77. The standard InChI is InChI=1S/C13H17N5O/c1-19-11-4-2-3-10(14)12(11)13-15-16-17-18(13)8-7-9-5-6-9/h2-4,9H,5-8,14H2,1H3. The maximum Gasteiger partial charge on any atom is 0.187 e. The van der Waals surface area contributed by atoms with E-state index < -0.39 is 0 Å². The van der Waals surface area contributed by atoms with Gasteiger partial charge in [-0.25, -0.2) is 4.68 Å². The highest BCUT2D eigenvalue weighted by atomic mass is 16.5. The van der Waals surface area contributed by atoms with Crippen LogP contribution in [0.15, 0.2) is 18.2 Å². The minimum atomic E-state index is 0.627. The van der Waals surface area contributed by atoms with Crippen LogP contribution in [0.4, 0.5) is 5.69 Å². The van der Waals surface area contributed by atoms with Gasteiger partial charge in [0.2, 0.25) is 0 Å². The molecule has 1 heterocycles. The van der Waals surface area contributed by atoms with E-state index in [0.717, 1.165) is 24.4 Å². The van der Waals surface area contributed by atoms with E-state index in [9.17, 15) is 0 Å². The number of nitrogen functional groups attached to an aromatic ring is 1. The Morgan fingerprint density at radius 1 is 1.42 bits per heavy atom. The number of tetrazole rings is 1. The van der Waals surface area contributed by atoms with Gasteiger partial charge in [-0.1, -0.05) is 18.9 Å². The molecule has 1 aliphatic carbocycles. The van der Waals surface area contributed by atoms with Gasteiger partial charge in [-0.05, 0) is 34.9 Å². The van der Waals surface area contributed by atoms with Gasteiger partial charge in [0.05, 0.1) is 12.7 Å². The zero-order chi connectivity index (χ0) is 13.2. The molecule has 0 bridgehead atoms. The molecule has 19 heavy (non-hydrogen) atoms. The summed E-state index contributed by atoms with van der Waals surface area (Å²) in [5.41, 5.74) is 7.43. The molecular weight excluding hydrogens is 242 g/mol. The Bertz CT molecular complexity index is 576. The molecule has 3 rings (SSSR count). The minimum Gasteiger partial charge on any atom is -0.496 e. The molecule has 0 saturated heterocycles. The van der Waals surface area contributed by atoms with E-state index in [4.69, 9.17) is 10.5 Å². The lowest BCUT2D eigenvalue weighted by Gasteiger charge is -2.10. The van der Waals surface area contributed by atoms with Gasteiger partial charge >= 0.3 is 0 Å². The van der Waals surface area contributed by atoms with Crippen LogP contribution in [0.5, 0.6) is 5.75 Å². The minimum absolute atomic E-state index is 0.627. The number of methoxy groups -OCH3 is 1. The second kappa shape index (κ2) is 4.87. The van der Waals surface area contributed by atoms with Crippen LogP contribution in [-0.4, -0.2) is 27.3 Å². The first-order chi connectivity index (χ1) is 9.29. The van der Waals surface area contributed by atoms with E-state index in [0.29, 0.717) is 17.3 Å². The highest BCUT2D eigenvalue weighted by Crippen LogP contribution is 2.35. The van der Waals surface area contributed by atoms with Crippen LogP contribution in [0.2, 0.25) is 0 Å². The summed E-state index contributed by atoms with van der Waals surface area (Å²) in [6.45, 7) is 0.824. The van der Waals surface area contributed by atoms with Crippen molar-refractivity contribution < 1.29 is 4.74 Å². The van der Waals surface area contributed by atoms with Crippen LogP contribution in [-0.2, 0) is 6.54 Å². The van der Waals surface area contributed by atoms with Crippen LogP contribution >= 0.6 is 0 Å². The number of ether oxygens (including phenoxy) is 1. The molecule has 0 radical (unpaired) electrons. The molecule has 1 aliphatic rings. The van der Waals surface area contributed by atoms with Crippen molar-refractivity contribution >= 4 is 5.69 Å². The van der Waals surface area contributed by atoms with Gasteiger partial charge in [-0.3, -0.25) is 0 Å². The van der Waals surface area contributed by atoms with Gasteiger partial charge in [-0.2, -0.15) is 0 Å². The summed E-state index contributed by atoms with van der Waals surface area (Å²) in [4.78, 5) is 0. The Morgan fingerprint density at radius 2 is 2.26 bits per heavy atom. The number of hydrogen-bond donors (Lipinski definition) is 1. The van der Waals surface area contributed by atoms with Crippen molar-refractivity contribution in [2.75, 3.05) is 12.8 Å². The number of rotatable bonds is 5. The number of nitrogens with zero attached hydrogens (tertiary/aromatic N) is 4. The fourth-order valence-electron chi connectivity index (χ4n) is 2.20. The lowest BCUT2D eigenvalue weighted by Crippen LogP contribution is -2.06. The maximum absolute atomic E-state index is 6.04. The van der Waals surface area contributed by atoms with Crippen LogP contribution in [0, 0.1) is 5.92 Å². The second-order valence-electron chi connectivity index (χ2n) is 4.88. The molecule has 2 N–H and O–H groups in total. The molecule has 0 aliphatic heterocycles. The predicted molar refractivity (Wildman–Crippen MR) is 71.6 cm³/mol. The average molecular weight is 259 g/mol. The fourth-order valence-corrected chi connectivity index (χ4v) is 2.20. The Kier molecular flexibility index (Phi) is 3.06. The number of aryl methyl sites for hydroxylation is 1. The molecule has 6 heteroatoms. The quantitative estimate of drug-likeness (QED) is 0.827. The third-order valence-electron chi connectivity index (χ3n) is 3.48. The topological polar surface area (TPSA) is 78.8 Å². The van der Waals surface area contributed by atoms with E-state index in [1.165, 1.54) is 12.8 Å². The van der Waals surface area contributed by atoms with Crippen LogP contribution in [0.25, 0.3) is 11.4 Å². The van der Waals surface area contributed by atoms with Gasteiger partial charge in [0, 0.05) is 12.2 Å². The van der Waals surface area contributed by atoms with Gasteiger partial charge < -0.3 is 10.5 Å². The first kappa shape index (κ1) is 12.0. The zero-order valence-electron chi connectivity index (χ0n) is 10.9. The van der Waals surface area contributed by atoms with Crippen molar-refractivity contribution in [1.29, 1.82) is 0 Å². The molecule has 2 aromatic rings. The SMILES string of the molecule is COc1cccc(N)c1-c1nnnn1CCC1CC1. The Balaban J connectivity index is 1.94. The molecule has 0 atom stereocenters. The molecule has 0 spiro atoms. The maximum atomic E-state index is 6.04. The predicted octanol–water partition coefficient (Wildman–Crippen LogP) is 1.73. The molecule has 1 fully saturated rings. The largest absolute Gasteiger partial charge is 0.496 e. The molecule has 6 nitrogen and oxygen atoms in total. The van der Waals surface area contributed by atoms with Crippen molar-refractivity contribution in [2.45, 2.75) is 25.8 Å². The molecule has 1 saturated carbocycles. The van der Waals surface area contributed by atoms with Gasteiger partial charge in [0.15, 0.2) is 5.82 Å². The Morgan fingerprint density at radius 3 is 3.00 bits per heavy atom. The average Bonchev–Trinajstić information content (AvgIpc) is 3.14. The van der Waals surface area contributed by atoms with Crippen molar-refractivity contribution in [1.82, 2.24) is 20.2 Å². The molecule has 0 unspecified atom stereocenters. The lowest BCUT2D eigenvalue weighted by molar-refractivity contribution is 0.415. The molecule has 1 aromatic heterocycles. The Labute approximate surface area is 111 Å². The molecular formula is C13H17N5O. The van der Waals surface area contributed by atoms with Crippen molar-refractivity contribution in [3.05, 3.63) is 18.2 Å². The van der Waals surface area contributed by atoms with E-state index >= 15 is 0 Å². The summed E-state index contributed by atoms with van der Waals surface area (Å²) in [7, 11) is 1.62. The normalized spacial score (nSPS) is 14.6. The first-order valence-electron chi connectivity index (χ1n) is 6.48. The van der Waals surface area contributed by atoms with E-state index in [-0.39, 0.29) is 0 Å². The number of aromatic nitrogens is 4. The molecule has 100 valence electrons. The summed E-state index contributed by atoms with van der Waals surface area (Å²) in [5.74, 6) is 2.21. The fraction of sp³-hybridized carbons (Fsp3) is 0.462. The van der Waals surface area contributed by atoms with Crippen molar-refractivity contribution in [3.63, 3.8) is 0 Å². The highest BCUT2D eigenvalue weighted by Gasteiger charge is 2.23. The first-order valence-corrected chi connectivity index (χ1v) is 6.48. The number of nitrogens with two attached hydrogens (primary N) is 1. The van der Waals surface area contributed by atoms with E-state index in [2.05, 4.69) is 15.5 Å². The highest BCUT2D eigenvalue weighted by molar-refractivity contribution is 5.77. The van der Waals surface area contributed by atoms with E-state index in [1.807, 2.05) is 22.9 Å². The molecule has 0 amide bonds. The third kappa shape index (κ3) is 2.38. The number of benzene rings is 1. The third-order valence-corrected chi connectivity index (χ3v) is 3.48. The van der Waals surface area contributed by atoms with Crippen LogP contribution in [0.1, 0.15) is 19.3 Å². The van der Waals surface area contributed by atoms with Gasteiger partial charge in [0.25, 0.3) is 0 Å². The van der Waals surface area contributed by atoms with Gasteiger partial charge in [-0.15, -0.1) is 5.10 Å². The number of anilines is 1. The summed E-state index contributed by atoms with van der Waals surface area (Å²) in [6, 6.07) is 5.55. The van der Waals surface area contributed by atoms with Crippen LogP contribution < -0.4 is 10.5 Å². The zero-order valence-corrected chi connectivity index (χ0v) is 10.9. The summed E-state index contributed by atoms with van der Waals surface area (Å²) < 4.78 is 7.17. The smallest absolute Gasteiger partial charge is 0.187 e. The Hall–Kier alpha value is -2.11. The van der Waals surface area contributed by atoms with Crippen LogP contribution in [0.3, 0.4) is 0 Å². The van der Waals surface area contributed by atoms with Crippen molar-refractivity contribution in [2.24, 2.45) is 5.92 Å². The number of hydrogen-bond acceptors (Lipinski definition) is 5. The molecule has 1 aromatic carbocycles. The summed E-state index contributed by atoms with van der Waals surface area (Å²) >= 11 is 0. The lowest BCUT2D eigenvalue weighted by atomic mass is 10.1. The van der Waals surface area contributed by atoms with E-state index in [1.54, 1.807) is 7.11 Å². The second-order valence-corrected chi connectivity index (χ2v) is 4.88. The summed E-state index contributed by atoms with van der Waals surface area (Å²) in [5, 5.41) is 11.9. The van der Waals surface area contributed by atoms with Gasteiger partial charge in [0.1, 0.15) is 5.75 Å². The monoisotopic (exact) mass is 259 g/mol. The van der Waals surface area contributed by atoms with Crippen molar-refractivity contribution in [3.8, 4) is 17.1 Å².